The smallest absolute Gasteiger partial charge is 0.295 e. The van der Waals surface area contributed by atoms with E-state index in [-0.39, 0.29) is 17.8 Å². The molecule has 0 saturated carbocycles. The van der Waals surface area contributed by atoms with Gasteiger partial charge < -0.3 is 13.9 Å². The van der Waals surface area contributed by atoms with Crippen molar-refractivity contribution < 1.29 is 18.7 Å². The summed E-state index contributed by atoms with van der Waals surface area (Å²) >= 11 is 1.52. The van der Waals surface area contributed by atoms with Crippen LogP contribution in [0.3, 0.4) is 0 Å². The summed E-state index contributed by atoms with van der Waals surface area (Å²) in [6.45, 7) is 7.80. The van der Waals surface area contributed by atoms with Crippen molar-refractivity contribution in [1.82, 2.24) is 4.98 Å². The molecule has 166 valence electrons. The van der Waals surface area contributed by atoms with Gasteiger partial charge in [-0.3, -0.25) is 9.69 Å². The number of benzene rings is 2. The molecule has 1 saturated heterocycles. The molecule has 0 bridgehead atoms. The van der Waals surface area contributed by atoms with Crippen molar-refractivity contribution in [3.05, 3.63) is 53.3 Å². The summed E-state index contributed by atoms with van der Waals surface area (Å²) in [6.07, 6.45) is 1.94. The molecule has 3 heterocycles. The van der Waals surface area contributed by atoms with Crippen LogP contribution in [0, 0.1) is 13.8 Å². The maximum atomic E-state index is 13.7. The van der Waals surface area contributed by atoms with Crippen molar-refractivity contribution in [3.63, 3.8) is 0 Å². The van der Waals surface area contributed by atoms with Gasteiger partial charge in [0, 0.05) is 12.0 Å². The number of furan rings is 1. The first-order valence-electron chi connectivity index (χ1n) is 11.0. The molecule has 4 aromatic rings. The zero-order valence-corrected chi connectivity index (χ0v) is 19.3. The predicted molar refractivity (Wildman–Crippen MR) is 127 cm³/mol. The molecule has 1 amide bonds. The number of fused-ring (bicyclic) bond motifs is 2. The van der Waals surface area contributed by atoms with Gasteiger partial charge >= 0.3 is 0 Å². The third kappa shape index (κ3) is 3.87. The Morgan fingerprint density at radius 1 is 1.25 bits per heavy atom. The monoisotopic (exact) mass is 450 g/mol. The molecule has 1 aliphatic heterocycles. The molecule has 5 rings (SSSR count). The molecule has 7 heteroatoms. The highest BCUT2D eigenvalue weighted by Gasteiger charge is 2.29. The summed E-state index contributed by atoms with van der Waals surface area (Å²) < 4.78 is 18.6. The van der Waals surface area contributed by atoms with Crippen LogP contribution in [0.4, 0.5) is 5.13 Å². The Kier molecular flexibility index (Phi) is 5.61. The lowest BCUT2D eigenvalue weighted by atomic mass is 10.1. The summed E-state index contributed by atoms with van der Waals surface area (Å²) in [4.78, 5) is 20.2. The van der Waals surface area contributed by atoms with Crippen molar-refractivity contribution in [2.45, 2.75) is 39.7 Å². The number of nitrogens with zero attached hydrogens (tertiary/aromatic N) is 2. The second kappa shape index (κ2) is 8.56. The van der Waals surface area contributed by atoms with Gasteiger partial charge in [0.15, 0.2) is 22.2 Å². The SMILES string of the molecule is CCOc1cccc2cc(C(=O)N(CC3CCCO3)c3nc4cc(C)c(C)cc4s3)oc12. The largest absolute Gasteiger partial charge is 0.490 e. The van der Waals surface area contributed by atoms with Crippen molar-refractivity contribution >= 4 is 43.6 Å². The summed E-state index contributed by atoms with van der Waals surface area (Å²) in [7, 11) is 0. The number of thiazole rings is 1. The number of carbonyl (C=O) groups is 1. The average Bonchev–Trinajstić information content (AvgIpc) is 3.52. The molecule has 0 spiro atoms. The van der Waals surface area contributed by atoms with Gasteiger partial charge in [0.2, 0.25) is 0 Å². The lowest BCUT2D eigenvalue weighted by Crippen LogP contribution is -2.37. The minimum atomic E-state index is -0.216. The molecule has 6 nitrogen and oxygen atoms in total. The third-order valence-electron chi connectivity index (χ3n) is 5.90. The standard InChI is InChI=1S/C25H26N2O4S/c1-4-29-20-9-5-7-17-13-21(31-23(17)20)24(28)27(14-18-8-6-10-30-18)25-26-19-11-15(2)16(3)12-22(19)32-25/h5,7,9,11-13,18H,4,6,8,10,14H2,1-3H3. The van der Waals surface area contributed by atoms with Gasteiger partial charge in [-0.15, -0.1) is 0 Å². The molecule has 1 atom stereocenters. The fourth-order valence-corrected chi connectivity index (χ4v) is 5.12. The van der Waals surface area contributed by atoms with Gasteiger partial charge in [-0.1, -0.05) is 23.5 Å². The highest BCUT2D eigenvalue weighted by molar-refractivity contribution is 7.22. The fourth-order valence-electron chi connectivity index (χ4n) is 4.07. The summed E-state index contributed by atoms with van der Waals surface area (Å²) in [5.74, 6) is 0.698. The molecular weight excluding hydrogens is 424 g/mol. The molecule has 2 aromatic heterocycles. The van der Waals surface area contributed by atoms with Crippen molar-refractivity contribution in [2.24, 2.45) is 0 Å². The van der Waals surface area contributed by atoms with E-state index in [4.69, 9.17) is 18.9 Å². The number of aromatic nitrogens is 1. The number of aryl methyl sites for hydroxylation is 2. The number of carbonyl (C=O) groups excluding carboxylic acids is 1. The Labute approximate surface area is 190 Å². The van der Waals surface area contributed by atoms with E-state index in [0.29, 0.717) is 29.6 Å². The van der Waals surface area contributed by atoms with Crippen LogP contribution in [0.25, 0.3) is 21.2 Å². The number of hydrogen-bond donors (Lipinski definition) is 0. The van der Waals surface area contributed by atoms with E-state index in [9.17, 15) is 4.79 Å². The number of para-hydroxylation sites is 1. The minimum Gasteiger partial charge on any atom is -0.490 e. The molecule has 1 unspecified atom stereocenters. The Balaban J connectivity index is 1.55. The van der Waals surface area contributed by atoms with Crippen LogP contribution >= 0.6 is 11.3 Å². The summed E-state index contributed by atoms with van der Waals surface area (Å²) in [5, 5.41) is 1.50. The molecule has 32 heavy (non-hydrogen) atoms. The molecule has 2 aromatic carbocycles. The number of amides is 1. The van der Waals surface area contributed by atoms with Gasteiger partial charge in [-0.05, 0) is 69.0 Å². The maximum Gasteiger partial charge on any atom is 0.295 e. The van der Waals surface area contributed by atoms with Gasteiger partial charge in [-0.2, -0.15) is 0 Å². The lowest BCUT2D eigenvalue weighted by Gasteiger charge is -2.22. The quantitative estimate of drug-likeness (QED) is 0.367. The number of ether oxygens (including phenoxy) is 2. The van der Waals surface area contributed by atoms with Gasteiger partial charge in [-0.25, -0.2) is 4.98 Å². The maximum absolute atomic E-state index is 13.7. The topological polar surface area (TPSA) is 64.8 Å². The van der Waals surface area contributed by atoms with E-state index in [1.54, 1.807) is 11.0 Å². The number of anilines is 1. The Morgan fingerprint density at radius 2 is 2.09 bits per heavy atom. The second-order valence-electron chi connectivity index (χ2n) is 8.17. The Morgan fingerprint density at radius 3 is 2.88 bits per heavy atom. The van der Waals surface area contributed by atoms with Crippen LogP contribution in [-0.2, 0) is 4.74 Å². The molecule has 0 N–H and O–H groups in total. The fraction of sp³-hybridized carbons (Fsp3) is 0.360. The van der Waals surface area contributed by atoms with Gasteiger partial charge in [0.1, 0.15) is 0 Å². The van der Waals surface area contributed by atoms with Crippen LogP contribution in [0.2, 0.25) is 0 Å². The minimum absolute atomic E-state index is 0.00204. The third-order valence-corrected chi connectivity index (χ3v) is 6.94. The van der Waals surface area contributed by atoms with Crippen molar-refractivity contribution in [3.8, 4) is 5.75 Å². The first-order valence-corrected chi connectivity index (χ1v) is 11.8. The first-order chi connectivity index (χ1) is 15.5. The molecular formula is C25H26N2O4S. The molecule has 0 radical (unpaired) electrons. The van der Waals surface area contributed by atoms with Crippen LogP contribution in [0.5, 0.6) is 5.75 Å². The lowest BCUT2D eigenvalue weighted by molar-refractivity contribution is 0.0896. The van der Waals surface area contributed by atoms with Crippen LogP contribution in [-0.4, -0.2) is 36.8 Å². The average molecular weight is 451 g/mol. The Bertz CT molecular complexity index is 1250. The summed E-state index contributed by atoms with van der Waals surface area (Å²) in [6, 6.07) is 11.7. The number of hydrogen-bond acceptors (Lipinski definition) is 6. The first kappa shape index (κ1) is 21.0. The van der Waals surface area contributed by atoms with E-state index in [1.165, 1.54) is 22.5 Å². The van der Waals surface area contributed by atoms with Crippen molar-refractivity contribution in [1.29, 1.82) is 0 Å². The zero-order chi connectivity index (χ0) is 22.2. The van der Waals surface area contributed by atoms with Crippen LogP contribution in [0.15, 0.2) is 40.8 Å². The molecule has 0 aliphatic carbocycles. The van der Waals surface area contributed by atoms with E-state index in [2.05, 4.69) is 26.0 Å². The molecule has 1 aliphatic rings. The van der Waals surface area contributed by atoms with E-state index in [1.807, 2.05) is 25.1 Å². The van der Waals surface area contributed by atoms with Crippen molar-refractivity contribution in [2.75, 3.05) is 24.7 Å². The highest BCUT2D eigenvalue weighted by atomic mass is 32.1. The molecule has 1 fully saturated rings. The predicted octanol–water partition coefficient (Wildman–Crippen LogP) is 5.88. The van der Waals surface area contributed by atoms with Crippen LogP contribution in [0.1, 0.15) is 41.4 Å². The van der Waals surface area contributed by atoms with E-state index < -0.39 is 0 Å². The van der Waals surface area contributed by atoms with E-state index in [0.717, 1.165) is 35.1 Å². The van der Waals surface area contributed by atoms with Crippen LogP contribution < -0.4 is 9.64 Å². The Hall–Kier alpha value is -2.90. The normalized spacial score (nSPS) is 16.2. The number of rotatable bonds is 6. The van der Waals surface area contributed by atoms with Gasteiger partial charge in [0.25, 0.3) is 5.91 Å². The summed E-state index contributed by atoms with van der Waals surface area (Å²) in [5.41, 5.74) is 3.89. The zero-order valence-electron chi connectivity index (χ0n) is 18.5. The second-order valence-corrected chi connectivity index (χ2v) is 9.18. The van der Waals surface area contributed by atoms with Gasteiger partial charge in [0.05, 0.1) is 29.5 Å². The highest BCUT2D eigenvalue weighted by Crippen LogP contribution is 2.34. The van der Waals surface area contributed by atoms with E-state index >= 15 is 0 Å².